The van der Waals surface area contributed by atoms with Crippen LogP contribution in [0, 0.1) is 0 Å². The second kappa shape index (κ2) is 10.4. The van der Waals surface area contributed by atoms with Crippen molar-refractivity contribution in [1.29, 1.82) is 0 Å². The monoisotopic (exact) mass is 214 g/mol. The fraction of sp³-hybridized carbons (Fsp3) is 1.00. The maximum Gasteiger partial charge on any atom is 0.00673 e. The molecule has 0 saturated heterocycles. The molecule has 2 heteroatoms. The molecule has 0 saturated carbocycles. The largest absolute Gasteiger partial charge is 0.317 e. The summed E-state index contributed by atoms with van der Waals surface area (Å²) in [6.45, 7) is 13.9. The predicted molar refractivity (Wildman–Crippen MR) is 69.4 cm³/mol. The number of nitrogens with zero attached hydrogens (tertiary/aromatic N) is 1. The molecule has 0 aliphatic carbocycles. The Hall–Kier alpha value is -0.0800. The summed E-state index contributed by atoms with van der Waals surface area (Å²) in [6, 6.07) is 0.753. The molecule has 92 valence electrons. The van der Waals surface area contributed by atoms with Crippen LogP contribution in [0.1, 0.15) is 53.4 Å². The third-order valence-corrected chi connectivity index (χ3v) is 2.87. The van der Waals surface area contributed by atoms with Gasteiger partial charge in [-0.3, -0.25) is 0 Å². The van der Waals surface area contributed by atoms with Crippen LogP contribution in [0.3, 0.4) is 0 Å². The van der Waals surface area contributed by atoms with Gasteiger partial charge in [0.1, 0.15) is 0 Å². The van der Waals surface area contributed by atoms with Crippen molar-refractivity contribution < 1.29 is 0 Å². The molecule has 0 spiro atoms. The van der Waals surface area contributed by atoms with E-state index in [1.165, 1.54) is 45.3 Å². The second-order valence-electron chi connectivity index (χ2n) is 4.38. The summed E-state index contributed by atoms with van der Waals surface area (Å²) in [5, 5.41) is 3.39. The van der Waals surface area contributed by atoms with Gasteiger partial charge in [0, 0.05) is 6.04 Å². The van der Waals surface area contributed by atoms with Gasteiger partial charge in [-0.15, -0.1) is 0 Å². The van der Waals surface area contributed by atoms with E-state index in [1.807, 2.05) is 0 Å². The zero-order chi connectivity index (χ0) is 11.5. The Morgan fingerprint density at radius 1 is 1.07 bits per heavy atom. The Morgan fingerprint density at radius 2 is 1.67 bits per heavy atom. The molecule has 0 radical (unpaired) electrons. The molecular weight excluding hydrogens is 184 g/mol. The zero-order valence-electron chi connectivity index (χ0n) is 11.2. The topological polar surface area (TPSA) is 15.3 Å². The van der Waals surface area contributed by atoms with Crippen LogP contribution in [0.4, 0.5) is 0 Å². The molecule has 1 N–H and O–H groups in total. The van der Waals surface area contributed by atoms with Crippen molar-refractivity contribution in [3.63, 3.8) is 0 Å². The van der Waals surface area contributed by atoms with Crippen molar-refractivity contribution >= 4 is 0 Å². The smallest absolute Gasteiger partial charge is 0.00673 e. The van der Waals surface area contributed by atoms with E-state index < -0.39 is 0 Å². The molecule has 1 unspecified atom stereocenters. The van der Waals surface area contributed by atoms with Crippen molar-refractivity contribution in [3.8, 4) is 0 Å². The molecule has 0 fully saturated rings. The number of hydrogen-bond acceptors (Lipinski definition) is 2. The molecule has 15 heavy (non-hydrogen) atoms. The van der Waals surface area contributed by atoms with Crippen LogP contribution in [-0.2, 0) is 0 Å². The van der Waals surface area contributed by atoms with Crippen molar-refractivity contribution in [3.05, 3.63) is 0 Å². The first kappa shape index (κ1) is 14.9. The lowest BCUT2D eigenvalue weighted by Gasteiger charge is -2.28. The minimum absolute atomic E-state index is 0.753. The van der Waals surface area contributed by atoms with Gasteiger partial charge in [-0.05, 0) is 58.8 Å². The van der Waals surface area contributed by atoms with E-state index in [0.717, 1.165) is 12.6 Å². The molecule has 2 nitrogen and oxygen atoms in total. The van der Waals surface area contributed by atoms with Crippen LogP contribution in [0.5, 0.6) is 0 Å². The van der Waals surface area contributed by atoms with Crippen molar-refractivity contribution in [2.24, 2.45) is 0 Å². The van der Waals surface area contributed by atoms with Crippen molar-refractivity contribution in [2.45, 2.75) is 59.4 Å². The van der Waals surface area contributed by atoms with Gasteiger partial charge in [0.05, 0.1) is 0 Å². The van der Waals surface area contributed by atoms with Crippen LogP contribution in [0.2, 0.25) is 0 Å². The average Bonchev–Trinajstić information content (AvgIpc) is 2.24. The molecule has 0 amide bonds. The minimum atomic E-state index is 0.753. The van der Waals surface area contributed by atoms with E-state index in [1.54, 1.807) is 0 Å². The van der Waals surface area contributed by atoms with Gasteiger partial charge in [-0.1, -0.05) is 20.8 Å². The van der Waals surface area contributed by atoms with Gasteiger partial charge in [0.2, 0.25) is 0 Å². The highest BCUT2D eigenvalue weighted by Crippen LogP contribution is 2.07. The highest BCUT2D eigenvalue weighted by Gasteiger charge is 2.10. The number of nitrogens with one attached hydrogen (secondary N) is 1. The Morgan fingerprint density at radius 3 is 2.13 bits per heavy atom. The molecule has 0 heterocycles. The fourth-order valence-corrected chi connectivity index (χ4v) is 2.01. The Kier molecular flexibility index (Phi) is 10.4. The first-order valence-corrected chi connectivity index (χ1v) is 6.70. The predicted octanol–water partition coefficient (Wildman–Crippen LogP) is 2.89. The molecule has 0 aromatic rings. The SMILES string of the molecule is CCCN(CCC)C(C)CCCNCC. The Bertz CT molecular complexity index is 120. The summed E-state index contributed by atoms with van der Waals surface area (Å²) in [5.74, 6) is 0. The fourth-order valence-electron chi connectivity index (χ4n) is 2.01. The van der Waals surface area contributed by atoms with Crippen LogP contribution >= 0.6 is 0 Å². The van der Waals surface area contributed by atoms with Gasteiger partial charge < -0.3 is 10.2 Å². The lowest BCUT2D eigenvalue weighted by molar-refractivity contribution is 0.197. The average molecular weight is 214 g/mol. The maximum atomic E-state index is 3.39. The molecule has 0 aliphatic heterocycles. The van der Waals surface area contributed by atoms with Crippen LogP contribution in [-0.4, -0.2) is 37.1 Å². The first-order chi connectivity index (χ1) is 7.26. The van der Waals surface area contributed by atoms with E-state index in [9.17, 15) is 0 Å². The summed E-state index contributed by atoms with van der Waals surface area (Å²) in [4.78, 5) is 2.63. The van der Waals surface area contributed by atoms with Crippen LogP contribution in [0.15, 0.2) is 0 Å². The van der Waals surface area contributed by atoms with Gasteiger partial charge in [-0.2, -0.15) is 0 Å². The molecule has 0 aromatic heterocycles. The van der Waals surface area contributed by atoms with Crippen LogP contribution in [0.25, 0.3) is 0 Å². The van der Waals surface area contributed by atoms with E-state index in [4.69, 9.17) is 0 Å². The summed E-state index contributed by atoms with van der Waals surface area (Å²) < 4.78 is 0. The van der Waals surface area contributed by atoms with Gasteiger partial charge in [-0.25, -0.2) is 0 Å². The van der Waals surface area contributed by atoms with Gasteiger partial charge in [0.25, 0.3) is 0 Å². The third-order valence-electron chi connectivity index (χ3n) is 2.87. The Labute approximate surface area is 96.4 Å². The van der Waals surface area contributed by atoms with Crippen LogP contribution < -0.4 is 5.32 Å². The zero-order valence-corrected chi connectivity index (χ0v) is 11.2. The van der Waals surface area contributed by atoms with E-state index in [-0.39, 0.29) is 0 Å². The number of hydrogen-bond donors (Lipinski definition) is 1. The van der Waals surface area contributed by atoms with Crippen molar-refractivity contribution in [1.82, 2.24) is 10.2 Å². The molecule has 1 atom stereocenters. The van der Waals surface area contributed by atoms with Gasteiger partial charge >= 0.3 is 0 Å². The number of rotatable bonds is 10. The van der Waals surface area contributed by atoms with E-state index >= 15 is 0 Å². The molecular formula is C13H30N2. The minimum Gasteiger partial charge on any atom is -0.317 e. The first-order valence-electron chi connectivity index (χ1n) is 6.70. The van der Waals surface area contributed by atoms with Crippen molar-refractivity contribution in [2.75, 3.05) is 26.2 Å². The van der Waals surface area contributed by atoms with E-state index in [0.29, 0.717) is 0 Å². The summed E-state index contributed by atoms with van der Waals surface area (Å²) >= 11 is 0. The van der Waals surface area contributed by atoms with Gasteiger partial charge in [0.15, 0.2) is 0 Å². The summed E-state index contributed by atoms with van der Waals surface area (Å²) in [7, 11) is 0. The summed E-state index contributed by atoms with van der Waals surface area (Å²) in [5.41, 5.74) is 0. The molecule has 0 aliphatic rings. The standard InChI is InChI=1S/C13H30N2/c1-5-11-15(12-6-2)13(4)9-8-10-14-7-3/h13-14H,5-12H2,1-4H3. The quantitative estimate of drug-likeness (QED) is 0.563. The summed E-state index contributed by atoms with van der Waals surface area (Å²) in [6.07, 6.45) is 5.18. The highest BCUT2D eigenvalue weighted by molar-refractivity contribution is 4.67. The lowest BCUT2D eigenvalue weighted by atomic mass is 10.1. The second-order valence-corrected chi connectivity index (χ2v) is 4.38. The maximum absolute atomic E-state index is 3.39. The Balaban J connectivity index is 3.65. The molecule has 0 aromatic carbocycles. The third kappa shape index (κ3) is 7.80. The normalized spacial score (nSPS) is 13.4. The molecule has 0 bridgehead atoms. The van der Waals surface area contributed by atoms with E-state index in [2.05, 4.69) is 37.9 Å². The highest BCUT2D eigenvalue weighted by atomic mass is 15.1. The lowest BCUT2D eigenvalue weighted by Crippen LogP contribution is -2.35. The molecule has 0 rings (SSSR count).